The van der Waals surface area contributed by atoms with E-state index in [1.54, 1.807) is 12.1 Å². The summed E-state index contributed by atoms with van der Waals surface area (Å²) in [5.41, 5.74) is 6.23. The number of benzene rings is 1. The van der Waals surface area contributed by atoms with Crippen LogP contribution in [0.1, 0.15) is 12.0 Å². The van der Waals surface area contributed by atoms with Crippen molar-refractivity contribution in [3.63, 3.8) is 0 Å². The van der Waals surface area contributed by atoms with Crippen LogP contribution >= 0.6 is 28.1 Å². The quantitative estimate of drug-likeness (QED) is 0.626. The summed E-state index contributed by atoms with van der Waals surface area (Å²) in [6.07, 6.45) is 1.64. The van der Waals surface area contributed by atoms with Crippen LogP contribution in [-0.4, -0.2) is 32.0 Å². The monoisotopic (exact) mass is 351 g/mol. The second kappa shape index (κ2) is 6.49. The van der Waals surface area contributed by atoms with Gasteiger partial charge in [-0.05, 0) is 24.6 Å². The van der Waals surface area contributed by atoms with E-state index in [0.717, 1.165) is 4.47 Å². The molecule has 0 fully saturated rings. The zero-order valence-corrected chi connectivity index (χ0v) is 13.1. The fourth-order valence-electron chi connectivity index (χ4n) is 1.32. The van der Waals surface area contributed by atoms with Gasteiger partial charge in [-0.2, -0.15) is 0 Å². The molecule has 100 valence electrons. The Morgan fingerprint density at radius 2 is 2.17 bits per heavy atom. The average molecular weight is 352 g/mol. The van der Waals surface area contributed by atoms with Gasteiger partial charge in [0, 0.05) is 10.7 Å². The summed E-state index contributed by atoms with van der Waals surface area (Å²) >= 11 is 8.25. The molecule has 0 saturated carbocycles. The maximum absolute atomic E-state index is 11.0. The van der Waals surface area contributed by atoms with E-state index in [-0.39, 0.29) is 10.7 Å². The molecule has 1 rings (SSSR count). The Morgan fingerprint density at radius 1 is 1.50 bits per heavy atom. The third-order valence-electron chi connectivity index (χ3n) is 2.12. The first-order chi connectivity index (χ1) is 8.29. The predicted octanol–water partition coefficient (Wildman–Crippen LogP) is 1.90. The van der Waals surface area contributed by atoms with Crippen LogP contribution in [0, 0.1) is 0 Å². The third kappa shape index (κ3) is 5.32. The fourth-order valence-corrected chi connectivity index (χ4v) is 2.49. The lowest BCUT2D eigenvalue weighted by Crippen LogP contribution is -2.13. The van der Waals surface area contributed by atoms with E-state index in [4.69, 9.17) is 22.7 Å². The smallest absolute Gasteiger partial charge is 0.147 e. The molecular weight excluding hydrogens is 338 g/mol. The number of rotatable bonds is 6. The van der Waals surface area contributed by atoms with Gasteiger partial charge in [-0.25, -0.2) is 8.42 Å². The third-order valence-corrected chi connectivity index (χ3v) is 3.87. The number of hydrogen-bond donors (Lipinski definition) is 1. The summed E-state index contributed by atoms with van der Waals surface area (Å²) in [4.78, 5) is 0.245. The van der Waals surface area contributed by atoms with E-state index in [9.17, 15) is 8.42 Å². The molecule has 1 aromatic carbocycles. The molecule has 0 amide bonds. The molecule has 0 atom stereocenters. The van der Waals surface area contributed by atoms with Crippen LogP contribution in [-0.2, 0) is 9.84 Å². The second-order valence-corrected chi connectivity index (χ2v) is 7.45. The number of nitrogens with two attached hydrogens (primary N) is 1. The van der Waals surface area contributed by atoms with Crippen molar-refractivity contribution in [3.05, 3.63) is 28.2 Å². The molecular formula is C11H14BrNO3S2. The van der Waals surface area contributed by atoms with Gasteiger partial charge in [-0.1, -0.05) is 28.1 Å². The van der Waals surface area contributed by atoms with Crippen LogP contribution in [0.3, 0.4) is 0 Å². The first-order valence-corrected chi connectivity index (χ1v) is 8.45. The molecule has 1 aromatic rings. The zero-order valence-electron chi connectivity index (χ0n) is 9.85. The van der Waals surface area contributed by atoms with Gasteiger partial charge >= 0.3 is 0 Å². The lowest BCUT2D eigenvalue weighted by Gasteiger charge is -2.10. The topological polar surface area (TPSA) is 69.4 Å². The van der Waals surface area contributed by atoms with Crippen LogP contribution in [0.2, 0.25) is 0 Å². The molecule has 4 nitrogen and oxygen atoms in total. The van der Waals surface area contributed by atoms with E-state index in [2.05, 4.69) is 15.9 Å². The van der Waals surface area contributed by atoms with Gasteiger partial charge in [0.1, 0.15) is 20.6 Å². The summed E-state index contributed by atoms with van der Waals surface area (Å²) in [6.45, 7) is 0.310. The van der Waals surface area contributed by atoms with Crippen molar-refractivity contribution in [2.24, 2.45) is 5.73 Å². The van der Waals surface area contributed by atoms with Crippen LogP contribution < -0.4 is 10.5 Å². The van der Waals surface area contributed by atoms with Gasteiger partial charge in [0.15, 0.2) is 0 Å². The first-order valence-electron chi connectivity index (χ1n) is 5.19. The summed E-state index contributed by atoms with van der Waals surface area (Å²) in [5.74, 6) is 0.672. The number of hydrogen-bond acceptors (Lipinski definition) is 4. The molecule has 2 N–H and O–H groups in total. The predicted molar refractivity (Wildman–Crippen MR) is 79.9 cm³/mol. The molecule has 0 heterocycles. The van der Waals surface area contributed by atoms with Gasteiger partial charge in [-0.15, -0.1) is 0 Å². The maximum Gasteiger partial charge on any atom is 0.147 e. The molecule has 0 saturated heterocycles. The highest BCUT2D eigenvalue weighted by atomic mass is 79.9. The Morgan fingerprint density at radius 3 is 2.72 bits per heavy atom. The van der Waals surface area contributed by atoms with Crippen molar-refractivity contribution >= 4 is 43.0 Å². The number of halogens is 1. The SMILES string of the molecule is CS(=O)(=O)CCCOc1ccc(Br)cc1C(N)=S. The molecule has 0 radical (unpaired) electrons. The van der Waals surface area contributed by atoms with Crippen LogP contribution in [0.4, 0.5) is 0 Å². The van der Waals surface area contributed by atoms with E-state index in [1.807, 2.05) is 6.07 Å². The van der Waals surface area contributed by atoms with Crippen molar-refractivity contribution in [2.75, 3.05) is 18.6 Å². The molecule has 18 heavy (non-hydrogen) atoms. The second-order valence-electron chi connectivity index (χ2n) is 3.84. The minimum Gasteiger partial charge on any atom is -0.493 e. The van der Waals surface area contributed by atoms with Gasteiger partial charge < -0.3 is 10.5 Å². The van der Waals surface area contributed by atoms with E-state index in [0.29, 0.717) is 24.3 Å². The van der Waals surface area contributed by atoms with Gasteiger partial charge in [-0.3, -0.25) is 0 Å². The maximum atomic E-state index is 11.0. The molecule has 0 unspecified atom stereocenters. The van der Waals surface area contributed by atoms with Crippen LogP contribution in [0.15, 0.2) is 22.7 Å². The highest BCUT2D eigenvalue weighted by molar-refractivity contribution is 9.10. The average Bonchev–Trinajstić information content (AvgIpc) is 2.24. The highest BCUT2D eigenvalue weighted by Gasteiger charge is 2.08. The molecule has 0 spiro atoms. The first kappa shape index (κ1) is 15.4. The molecule has 0 aliphatic heterocycles. The Labute approximate surface area is 121 Å². The summed E-state index contributed by atoms with van der Waals surface area (Å²) in [7, 11) is -2.95. The molecule has 0 aliphatic rings. The molecule has 0 aliphatic carbocycles. The highest BCUT2D eigenvalue weighted by Crippen LogP contribution is 2.23. The fraction of sp³-hybridized carbons (Fsp3) is 0.364. The minimum atomic E-state index is -2.95. The Balaban J connectivity index is 2.65. The van der Waals surface area contributed by atoms with E-state index < -0.39 is 9.84 Å². The zero-order chi connectivity index (χ0) is 13.8. The summed E-state index contributed by atoms with van der Waals surface area (Å²) < 4.78 is 28.3. The lowest BCUT2D eigenvalue weighted by atomic mass is 10.2. The van der Waals surface area contributed by atoms with Crippen molar-refractivity contribution in [1.29, 1.82) is 0 Å². The Hall–Kier alpha value is -0.660. The van der Waals surface area contributed by atoms with Crippen molar-refractivity contribution in [1.82, 2.24) is 0 Å². The largest absolute Gasteiger partial charge is 0.493 e. The van der Waals surface area contributed by atoms with Crippen molar-refractivity contribution < 1.29 is 13.2 Å². The Kier molecular flexibility index (Phi) is 5.55. The van der Waals surface area contributed by atoms with Gasteiger partial charge in [0.25, 0.3) is 0 Å². The minimum absolute atomic E-state index is 0.103. The number of sulfone groups is 1. The van der Waals surface area contributed by atoms with Crippen LogP contribution in [0.25, 0.3) is 0 Å². The molecule has 7 heteroatoms. The van der Waals surface area contributed by atoms with Crippen molar-refractivity contribution in [3.8, 4) is 5.75 Å². The molecule has 0 bridgehead atoms. The van der Waals surface area contributed by atoms with Crippen molar-refractivity contribution in [2.45, 2.75) is 6.42 Å². The molecule has 0 aromatic heterocycles. The number of thiocarbonyl (C=S) groups is 1. The normalized spacial score (nSPS) is 11.2. The van der Waals surface area contributed by atoms with Gasteiger partial charge in [0.05, 0.1) is 17.9 Å². The summed E-state index contributed by atoms with van der Waals surface area (Å²) in [6, 6.07) is 5.33. The van der Waals surface area contributed by atoms with E-state index in [1.165, 1.54) is 6.26 Å². The van der Waals surface area contributed by atoms with E-state index >= 15 is 0 Å². The van der Waals surface area contributed by atoms with Gasteiger partial charge in [0.2, 0.25) is 0 Å². The summed E-state index contributed by atoms with van der Waals surface area (Å²) in [5, 5.41) is 0. The standard InChI is InChI=1S/C11H14BrNO3S2/c1-18(14,15)6-2-5-16-10-4-3-8(12)7-9(10)11(13)17/h3-4,7H,2,5-6H2,1H3,(H2,13,17). The Bertz CT molecular complexity index is 543. The number of ether oxygens (including phenoxy) is 1. The lowest BCUT2D eigenvalue weighted by molar-refractivity contribution is 0.317. The van der Waals surface area contributed by atoms with Crippen LogP contribution in [0.5, 0.6) is 5.75 Å².